The second kappa shape index (κ2) is 7.10. The maximum atomic E-state index is 11.7. The minimum atomic E-state index is 0.143. The molecule has 0 radical (unpaired) electrons. The Bertz CT molecular complexity index is 356. The van der Waals surface area contributed by atoms with Crippen LogP contribution in [0.1, 0.15) is 50.4 Å². The average Bonchev–Trinajstić information content (AvgIpc) is 2.34. The fourth-order valence-corrected chi connectivity index (χ4v) is 1.69. The third-order valence-electron chi connectivity index (χ3n) is 2.69. The standard InChI is InChI=1S/C15H22O2/c1-4-14(16)13-9-5-6-10-15(13)17-11-7-8-12(2)3/h5-6,9-10,12H,4,7-8,11H2,1-3H3. The first-order valence-corrected chi connectivity index (χ1v) is 6.40. The Balaban J connectivity index is 2.55. The molecule has 0 aliphatic carbocycles. The number of ketones is 1. The van der Waals surface area contributed by atoms with Gasteiger partial charge in [-0.3, -0.25) is 4.79 Å². The predicted molar refractivity (Wildman–Crippen MR) is 70.6 cm³/mol. The summed E-state index contributed by atoms with van der Waals surface area (Å²) in [6.45, 7) is 6.97. The van der Waals surface area contributed by atoms with Gasteiger partial charge in [-0.15, -0.1) is 0 Å². The van der Waals surface area contributed by atoms with E-state index in [2.05, 4.69) is 13.8 Å². The van der Waals surface area contributed by atoms with Crippen LogP contribution in [0, 0.1) is 5.92 Å². The van der Waals surface area contributed by atoms with E-state index in [1.807, 2.05) is 31.2 Å². The van der Waals surface area contributed by atoms with Gasteiger partial charge in [0.1, 0.15) is 5.75 Å². The van der Waals surface area contributed by atoms with Crippen LogP contribution in [0.2, 0.25) is 0 Å². The second-order valence-electron chi connectivity index (χ2n) is 4.66. The highest BCUT2D eigenvalue weighted by Gasteiger charge is 2.09. The van der Waals surface area contributed by atoms with E-state index in [9.17, 15) is 4.79 Å². The molecule has 0 aromatic heterocycles. The number of ether oxygens (including phenoxy) is 1. The molecule has 0 aliphatic heterocycles. The van der Waals surface area contributed by atoms with Crippen molar-refractivity contribution in [3.63, 3.8) is 0 Å². The Hall–Kier alpha value is -1.31. The molecule has 1 rings (SSSR count). The van der Waals surface area contributed by atoms with Gasteiger partial charge in [0.2, 0.25) is 0 Å². The largest absolute Gasteiger partial charge is 0.493 e. The lowest BCUT2D eigenvalue weighted by atomic mass is 10.1. The Labute approximate surface area is 104 Å². The van der Waals surface area contributed by atoms with Crippen molar-refractivity contribution in [2.45, 2.75) is 40.0 Å². The maximum absolute atomic E-state index is 11.7. The van der Waals surface area contributed by atoms with Crippen molar-refractivity contribution in [3.05, 3.63) is 29.8 Å². The average molecular weight is 234 g/mol. The topological polar surface area (TPSA) is 26.3 Å². The summed E-state index contributed by atoms with van der Waals surface area (Å²) in [6, 6.07) is 7.50. The van der Waals surface area contributed by atoms with Crippen molar-refractivity contribution in [3.8, 4) is 5.75 Å². The Morgan fingerprint density at radius 2 is 2.00 bits per heavy atom. The molecule has 1 aromatic carbocycles. The zero-order valence-electron chi connectivity index (χ0n) is 11.0. The van der Waals surface area contributed by atoms with E-state index >= 15 is 0 Å². The molecule has 0 saturated carbocycles. The molecule has 94 valence electrons. The zero-order valence-corrected chi connectivity index (χ0v) is 11.0. The van der Waals surface area contributed by atoms with Gasteiger partial charge < -0.3 is 4.74 Å². The number of carbonyl (C=O) groups excluding carboxylic acids is 1. The van der Waals surface area contributed by atoms with Crippen molar-refractivity contribution >= 4 is 5.78 Å². The molecule has 0 heterocycles. The minimum Gasteiger partial charge on any atom is -0.493 e. The first-order chi connectivity index (χ1) is 8.15. The third kappa shape index (κ3) is 4.59. The molecule has 2 nitrogen and oxygen atoms in total. The molecule has 2 heteroatoms. The third-order valence-corrected chi connectivity index (χ3v) is 2.69. The van der Waals surface area contributed by atoms with E-state index < -0.39 is 0 Å². The number of rotatable bonds is 7. The second-order valence-corrected chi connectivity index (χ2v) is 4.66. The van der Waals surface area contributed by atoms with Crippen LogP contribution in [-0.2, 0) is 0 Å². The van der Waals surface area contributed by atoms with Gasteiger partial charge in [-0.1, -0.05) is 32.9 Å². The number of carbonyl (C=O) groups is 1. The number of Topliss-reactive ketones (excluding diaryl/α,β-unsaturated/α-hetero) is 1. The molecule has 17 heavy (non-hydrogen) atoms. The normalized spacial score (nSPS) is 10.6. The quantitative estimate of drug-likeness (QED) is 0.524. The summed E-state index contributed by atoms with van der Waals surface area (Å²) in [4.78, 5) is 11.7. The number of para-hydroxylation sites is 1. The summed E-state index contributed by atoms with van der Waals surface area (Å²) in [5.74, 6) is 1.57. The van der Waals surface area contributed by atoms with Gasteiger partial charge >= 0.3 is 0 Å². The monoisotopic (exact) mass is 234 g/mol. The van der Waals surface area contributed by atoms with Gasteiger partial charge in [-0.05, 0) is 30.9 Å². The van der Waals surface area contributed by atoms with Gasteiger partial charge in [-0.2, -0.15) is 0 Å². The lowest BCUT2D eigenvalue weighted by Crippen LogP contribution is -2.05. The molecular formula is C15H22O2. The van der Waals surface area contributed by atoms with Gasteiger partial charge in [0.05, 0.1) is 12.2 Å². The van der Waals surface area contributed by atoms with Crippen molar-refractivity contribution in [2.24, 2.45) is 5.92 Å². The smallest absolute Gasteiger partial charge is 0.166 e. The first kappa shape index (κ1) is 13.8. The lowest BCUT2D eigenvalue weighted by molar-refractivity contribution is 0.0984. The van der Waals surface area contributed by atoms with E-state index in [-0.39, 0.29) is 5.78 Å². The summed E-state index contributed by atoms with van der Waals surface area (Å²) in [5.41, 5.74) is 0.708. The molecule has 0 amide bonds. The Morgan fingerprint density at radius 1 is 1.29 bits per heavy atom. The first-order valence-electron chi connectivity index (χ1n) is 6.40. The fraction of sp³-hybridized carbons (Fsp3) is 0.533. The lowest BCUT2D eigenvalue weighted by Gasteiger charge is -2.10. The van der Waals surface area contributed by atoms with Crippen molar-refractivity contribution in [1.82, 2.24) is 0 Å². The van der Waals surface area contributed by atoms with Gasteiger partial charge in [-0.25, -0.2) is 0 Å². The van der Waals surface area contributed by atoms with Crippen LogP contribution in [-0.4, -0.2) is 12.4 Å². The van der Waals surface area contributed by atoms with Crippen LogP contribution in [0.4, 0.5) is 0 Å². The number of benzene rings is 1. The van der Waals surface area contributed by atoms with Crippen LogP contribution in [0.15, 0.2) is 24.3 Å². The molecule has 1 aromatic rings. The van der Waals surface area contributed by atoms with E-state index in [1.54, 1.807) is 0 Å². The Kier molecular flexibility index (Phi) is 5.75. The molecule has 0 N–H and O–H groups in total. The fourth-order valence-electron chi connectivity index (χ4n) is 1.69. The van der Waals surface area contributed by atoms with Crippen LogP contribution < -0.4 is 4.74 Å². The van der Waals surface area contributed by atoms with Gasteiger partial charge in [0.15, 0.2) is 5.78 Å². The van der Waals surface area contributed by atoms with E-state index in [0.29, 0.717) is 24.5 Å². The minimum absolute atomic E-state index is 0.143. The van der Waals surface area contributed by atoms with Crippen LogP contribution in [0.3, 0.4) is 0 Å². The summed E-state index contributed by atoms with van der Waals surface area (Å²) in [5, 5.41) is 0. The van der Waals surface area contributed by atoms with E-state index in [4.69, 9.17) is 4.74 Å². The molecule has 0 aliphatic rings. The highest BCUT2D eigenvalue weighted by molar-refractivity contribution is 5.98. The van der Waals surface area contributed by atoms with Gasteiger partial charge in [0.25, 0.3) is 0 Å². The summed E-state index contributed by atoms with van der Waals surface area (Å²) >= 11 is 0. The predicted octanol–water partition coefficient (Wildman–Crippen LogP) is 4.09. The van der Waals surface area contributed by atoms with Gasteiger partial charge in [0, 0.05) is 6.42 Å². The van der Waals surface area contributed by atoms with Crippen LogP contribution in [0.5, 0.6) is 5.75 Å². The van der Waals surface area contributed by atoms with Crippen LogP contribution >= 0.6 is 0 Å². The molecule has 0 bridgehead atoms. The SMILES string of the molecule is CCC(=O)c1ccccc1OCCCC(C)C. The molecule has 0 unspecified atom stereocenters. The summed E-state index contributed by atoms with van der Waals surface area (Å²) in [7, 11) is 0. The highest BCUT2D eigenvalue weighted by Crippen LogP contribution is 2.20. The van der Waals surface area contributed by atoms with E-state index in [1.165, 1.54) is 0 Å². The number of hydrogen-bond acceptors (Lipinski definition) is 2. The summed E-state index contributed by atoms with van der Waals surface area (Å²) < 4.78 is 5.69. The van der Waals surface area contributed by atoms with E-state index in [0.717, 1.165) is 18.6 Å². The highest BCUT2D eigenvalue weighted by atomic mass is 16.5. The number of hydrogen-bond donors (Lipinski definition) is 0. The molecule has 0 spiro atoms. The molecule has 0 atom stereocenters. The summed E-state index contributed by atoms with van der Waals surface area (Å²) in [6.07, 6.45) is 2.71. The van der Waals surface area contributed by atoms with Crippen molar-refractivity contribution in [2.75, 3.05) is 6.61 Å². The molecule has 0 fully saturated rings. The maximum Gasteiger partial charge on any atom is 0.166 e. The van der Waals surface area contributed by atoms with Crippen molar-refractivity contribution in [1.29, 1.82) is 0 Å². The Morgan fingerprint density at radius 3 is 2.65 bits per heavy atom. The van der Waals surface area contributed by atoms with Crippen LogP contribution in [0.25, 0.3) is 0 Å². The molecular weight excluding hydrogens is 212 g/mol. The molecule has 0 saturated heterocycles. The van der Waals surface area contributed by atoms with Crippen molar-refractivity contribution < 1.29 is 9.53 Å². The zero-order chi connectivity index (χ0) is 12.7.